The first-order chi connectivity index (χ1) is 13.0. The van der Waals surface area contributed by atoms with E-state index in [4.69, 9.17) is 5.73 Å². The lowest BCUT2D eigenvalue weighted by molar-refractivity contribution is -0.103. The van der Waals surface area contributed by atoms with Crippen molar-refractivity contribution >= 4 is 0 Å². The smallest absolute Gasteiger partial charge is 0.0146 e. The topological polar surface area (TPSA) is 29.3 Å². The largest absolute Gasteiger partial charge is 0.328 e. The van der Waals surface area contributed by atoms with Crippen LogP contribution >= 0.6 is 0 Å². The van der Waals surface area contributed by atoms with Crippen molar-refractivity contribution < 1.29 is 0 Å². The molecule has 5 aliphatic rings. The van der Waals surface area contributed by atoms with Gasteiger partial charge in [-0.1, -0.05) is 39.8 Å². The highest BCUT2D eigenvalue weighted by Gasteiger charge is 2.81. The summed E-state index contributed by atoms with van der Waals surface area (Å²) >= 11 is 0. The highest BCUT2D eigenvalue weighted by molar-refractivity contribution is 5.36. The average molecular weight is 385 g/mol. The zero-order valence-corrected chi connectivity index (χ0v) is 19.5. The molecule has 4 saturated carbocycles. The molecule has 5 aliphatic carbocycles. The number of hydrogen-bond acceptors (Lipinski definition) is 2. The molecule has 5 rings (SSSR count). The lowest BCUT2D eigenvalue weighted by atomic mass is 9.43. The molecule has 0 aliphatic heterocycles. The fourth-order valence-corrected chi connectivity index (χ4v) is 10.4. The predicted molar refractivity (Wildman–Crippen MR) is 118 cm³/mol. The van der Waals surface area contributed by atoms with E-state index in [9.17, 15) is 0 Å². The van der Waals surface area contributed by atoms with E-state index in [1.54, 1.807) is 0 Å². The van der Waals surface area contributed by atoms with Gasteiger partial charge in [-0.2, -0.15) is 0 Å². The highest BCUT2D eigenvalue weighted by atomic mass is 15.1. The number of hydrogen-bond donors (Lipinski definition) is 1. The Labute approximate surface area is 173 Å². The minimum atomic E-state index is 0.337. The van der Waals surface area contributed by atoms with E-state index in [2.05, 4.69) is 65.8 Å². The maximum atomic E-state index is 6.52. The van der Waals surface area contributed by atoms with Crippen molar-refractivity contribution in [3.63, 3.8) is 0 Å². The van der Waals surface area contributed by atoms with Gasteiger partial charge in [-0.05, 0) is 111 Å². The summed E-state index contributed by atoms with van der Waals surface area (Å²) in [6, 6.07) is 1.05. The van der Waals surface area contributed by atoms with Crippen molar-refractivity contribution in [1.82, 2.24) is 4.90 Å². The molecule has 2 N–H and O–H groups in total. The van der Waals surface area contributed by atoms with Gasteiger partial charge in [0.25, 0.3) is 0 Å². The summed E-state index contributed by atoms with van der Waals surface area (Å²) in [6.45, 7) is 12.7. The Bertz CT molecular complexity index is 707. The summed E-state index contributed by atoms with van der Waals surface area (Å²) in [7, 11) is 4.59. The molecule has 28 heavy (non-hydrogen) atoms. The van der Waals surface area contributed by atoms with Gasteiger partial charge in [-0.25, -0.2) is 0 Å². The van der Waals surface area contributed by atoms with Gasteiger partial charge in [-0.3, -0.25) is 0 Å². The first kappa shape index (κ1) is 19.6. The quantitative estimate of drug-likeness (QED) is 0.639. The highest BCUT2D eigenvalue weighted by Crippen LogP contribution is 2.87. The Morgan fingerprint density at radius 1 is 0.857 bits per heavy atom. The summed E-state index contributed by atoms with van der Waals surface area (Å²) in [5.41, 5.74) is 8.96. The Kier molecular flexibility index (Phi) is 3.83. The molecule has 0 amide bonds. The molecule has 9 atom stereocenters. The van der Waals surface area contributed by atoms with Gasteiger partial charge in [0.1, 0.15) is 0 Å². The number of rotatable bonds is 2. The molecule has 2 heteroatoms. The van der Waals surface area contributed by atoms with Crippen LogP contribution in [0.2, 0.25) is 0 Å². The van der Waals surface area contributed by atoms with Gasteiger partial charge >= 0.3 is 0 Å². The normalized spacial score (nSPS) is 57.2. The van der Waals surface area contributed by atoms with E-state index in [1.807, 2.05) is 0 Å². The molecule has 6 unspecified atom stereocenters. The van der Waals surface area contributed by atoms with Crippen molar-refractivity contribution in [1.29, 1.82) is 0 Å². The third kappa shape index (κ3) is 1.94. The van der Waals surface area contributed by atoms with Crippen LogP contribution in [0.25, 0.3) is 0 Å². The Morgan fingerprint density at radius 2 is 1.50 bits per heavy atom. The van der Waals surface area contributed by atoms with Crippen LogP contribution in [0.5, 0.6) is 0 Å². The second kappa shape index (κ2) is 5.47. The fraction of sp³-hybridized carbons (Fsp3) is 0.923. The van der Waals surface area contributed by atoms with Gasteiger partial charge in [-0.15, -0.1) is 0 Å². The maximum Gasteiger partial charge on any atom is 0.0146 e. The molecule has 158 valence electrons. The van der Waals surface area contributed by atoms with Gasteiger partial charge in [0.05, 0.1) is 0 Å². The second-order valence-corrected chi connectivity index (χ2v) is 13.0. The second-order valence-electron chi connectivity index (χ2n) is 13.0. The molecule has 0 heterocycles. The van der Waals surface area contributed by atoms with Crippen LogP contribution in [0.15, 0.2) is 12.2 Å². The lowest BCUT2D eigenvalue weighted by Crippen LogP contribution is -2.58. The van der Waals surface area contributed by atoms with Crippen LogP contribution in [0.1, 0.15) is 79.6 Å². The van der Waals surface area contributed by atoms with Crippen molar-refractivity contribution in [2.75, 3.05) is 14.1 Å². The molecule has 2 spiro atoms. The molecule has 0 saturated heterocycles. The predicted octanol–water partition coefficient (Wildman–Crippen LogP) is 5.48. The third-order valence-corrected chi connectivity index (χ3v) is 11.8. The minimum absolute atomic E-state index is 0.337. The summed E-state index contributed by atoms with van der Waals surface area (Å²) in [5, 5.41) is 0. The summed E-state index contributed by atoms with van der Waals surface area (Å²) in [5.74, 6) is 2.25. The van der Waals surface area contributed by atoms with Crippen molar-refractivity contribution in [2.24, 2.45) is 50.6 Å². The SMILES string of the molecule is C[C@H](N)C1CC[C@@]2(C)C3C=CC4C(C)(C)C(N(C)C)CCC45CC35CC[C@]12C. The fourth-order valence-electron chi connectivity index (χ4n) is 10.4. The summed E-state index contributed by atoms with van der Waals surface area (Å²) < 4.78 is 0. The third-order valence-electron chi connectivity index (χ3n) is 11.8. The van der Waals surface area contributed by atoms with Crippen LogP contribution in [-0.4, -0.2) is 31.1 Å². The first-order valence-electron chi connectivity index (χ1n) is 12.1. The Hall–Kier alpha value is -0.340. The maximum absolute atomic E-state index is 6.52. The van der Waals surface area contributed by atoms with E-state index in [0.717, 1.165) is 11.8 Å². The van der Waals surface area contributed by atoms with Gasteiger partial charge in [0.2, 0.25) is 0 Å². The van der Waals surface area contributed by atoms with E-state index in [1.165, 1.54) is 44.9 Å². The molecule has 0 radical (unpaired) electrons. The molecule has 0 aromatic heterocycles. The molecule has 0 bridgehead atoms. The average Bonchev–Trinajstić information content (AvgIpc) is 3.16. The zero-order valence-electron chi connectivity index (χ0n) is 19.5. The van der Waals surface area contributed by atoms with E-state index in [-0.39, 0.29) is 0 Å². The van der Waals surface area contributed by atoms with Crippen molar-refractivity contribution in [3.8, 4) is 0 Å². The van der Waals surface area contributed by atoms with Crippen LogP contribution in [-0.2, 0) is 0 Å². The molecular weight excluding hydrogens is 340 g/mol. The molecule has 0 aromatic carbocycles. The molecule has 4 fully saturated rings. The Morgan fingerprint density at radius 3 is 2.14 bits per heavy atom. The van der Waals surface area contributed by atoms with Crippen molar-refractivity contribution in [2.45, 2.75) is 91.6 Å². The molecule has 0 aromatic rings. The standard InChI is InChI=1S/C26H44N2/c1-17(27)18-10-12-24(5)20-9-8-19-22(2,3)21(28(6)7)11-13-25(19)16-26(20,25)15-14-23(18,24)4/h8-9,17-21H,10-16,27H2,1-7H3/t17-,18?,19?,20?,21?,23+,24-,25?,26?/m0/s1. The van der Waals surface area contributed by atoms with Crippen molar-refractivity contribution in [3.05, 3.63) is 12.2 Å². The monoisotopic (exact) mass is 384 g/mol. The minimum Gasteiger partial charge on any atom is -0.328 e. The van der Waals surface area contributed by atoms with Crippen LogP contribution in [0.3, 0.4) is 0 Å². The van der Waals surface area contributed by atoms with Gasteiger partial charge < -0.3 is 10.6 Å². The zero-order chi connectivity index (χ0) is 20.3. The number of nitrogens with zero attached hydrogens (tertiary/aromatic N) is 1. The number of fused-ring (bicyclic) bond motifs is 2. The van der Waals surface area contributed by atoms with Crippen LogP contribution < -0.4 is 5.73 Å². The Balaban J connectivity index is 1.56. The van der Waals surface area contributed by atoms with Crippen LogP contribution in [0, 0.1) is 44.8 Å². The molecule has 2 nitrogen and oxygen atoms in total. The number of nitrogens with two attached hydrogens (primary N) is 1. The number of allylic oxidation sites excluding steroid dienone is 2. The molecular formula is C26H44N2. The summed E-state index contributed by atoms with van der Waals surface area (Å²) in [4.78, 5) is 2.51. The van der Waals surface area contributed by atoms with E-state index >= 15 is 0 Å². The van der Waals surface area contributed by atoms with E-state index < -0.39 is 0 Å². The van der Waals surface area contributed by atoms with E-state index in [0.29, 0.717) is 45.1 Å². The van der Waals surface area contributed by atoms with Gasteiger partial charge in [0.15, 0.2) is 0 Å². The van der Waals surface area contributed by atoms with Gasteiger partial charge in [0, 0.05) is 12.1 Å². The summed E-state index contributed by atoms with van der Waals surface area (Å²) in [6.07, 6.45) is 15.4. The van der Waals surface area contributed by atoms with Crippen LogP contribution in [0.4, 0.5) is 0 Å². The first-order valence-corrected chi connectivity index (χ1v) is 12.1. The lowest BCUT2D eigenvalue weighted by Gasteiger charge is -2.62.